The van der Waals surface area contributed by atoms with Crippen molar-refractivity contribution in [2.75, 3.05) is 13.2 Å². The third kappa shape index (κ3) is 5.30. The average molecular weight is 314 g/mol. The van der Waals surface area contributed by atoms with Crippen LogP contribution in [-0.2, 0) is 6.42 Å². The van der Waals surface area contributed by atoms with Gasteiger partial charge in [0, 0.05) is 36.0 Å². The van der Waals surface area contributed by atoms with E-state index in [1.54, 1.807) is 30.5 Å². The zero-order valence-electron chi connectivity index (χ0n) is 12.7. The molecule has 23 heavy (non-hydrogen) atoms. The Morgan fingerprint density at radius 2 is 2.00 bits per heavy atom. The average Bonchev–Trinajstić information content (AvgIpc) is 2.62. The first-order valence-electron chi connectivity index (χ1n) is 7.37. The summed E-state index contributed by atoms with van der Waals surface area (Å²) in [7, 11) is 0. The molecule has 0 bridgehead atoms. The zero-order valence-corrected chi connectivity index (χ0v) is 12.7. The van der Waals surface area contributed by atoms with Crippen molar-refractivity contribution in [3.05, 3.63) is 71.8 Å². The Hall–Kier alpha value is -2.53. The number of hydrogen-bond donors (Lipinski definition) is 1. The lowest BCUT2D eigenvalue weighted by Gasteiger charge is -2.08. The summed E-state index contributed by atoms with van der Waals surface area (Å²) in [6, 6.07) is 12.5. The summed E-state index contributed by atoms with van der Waals surface area (Å²) in [5.41, 5.74) is 7.25. The number of Topliss-reactive ketones (excluding diaryl/α,β-unsaturated/α-hetero) is 1. The van der Waals surface area contributed by atoms with Gasteiger partial charge < -0.3 is 10.5 Å². The maximum Gasteiger partial charge on any atom is 0.163 e. The molecule has 2 aromatic rings. The summed E-state index contributed by atoms with van der Waals surface area (Å²) in [5.74, 6) is 0.618. The number of nitrogens with two attached hydrogens (primary N) is 1. The van der Waals surface area contributed by atoms with Crippen molar-refractivity contribution in [1.29, 1.82) is 0 Å². The van der Waals surface area contributed by atoms with Crippen molar-refractivity contribution in [2.24, 2.45) is 5.73 Å². The maximum atomic E-state index is 12.4. The number of carbonyl (C=O) groups excluding carboxylic acids is 1. The number of ether oxygens (including phenoxy) is 1. The Morgan fingerprint density at radius 1 is 1.22 bits per heavy atom. The van der Waals surface area contributed by atoms with E-state index in [2.05, 4.69) is 4.98 Å². The van der Waals surface area contributed by atoms with Crippen molar-refractivity contribution in [3.8, 4) is 5.75 Å². The molecule has 0 atom stereocenters. The third-order valence-corrected chi connectivity index (χ3v) is 3.35. The SMILES string of the molecule is NCC(=CF)COc1ccc(C(=O)CCc2ccccn2)cc1. The predicted molar refractivity (Wildman–Crippen MR) is 87.1 cm³/mol. The van der Waals surface area contributed by atoms with Gasteiger partial charge in [-0.3, -0.25) is 9.78 Å². The lowest BCUT2D eigenvalue weighted by atomic mass is 10.1. The molecule has 120 valence electrons. The van der Waals surface area contributed by atoms with Gasteiger partial charge in [-0.25, -0.2) is 4.39 Å². The first-order valence-corrected chi connectivity index (χ1v) is 7.37. The largest absolute Gasteiger partial charge is 0.489 e. The number of aromatic nitrogens is 1. The highest BCUT2D eigenvalue weighted by Crippen LogP contribution is 2.15. The molecule has 0 amide bonds. The monoisotopic (exact) mass is 314 g/mol. The summed E-state index contributed by atoms with van der Waals surface area (Å²) in [4.78, 5) is 16.3. The van der Waals surface area contributed by atoms with Gasteiger partial charge in [-0.1, -0.05) is 6.07 Å². The molecule has 1 heterocycles. The molecule has 0 saturated heterocycles. The zero-order chi connectivity index (χ0) is 16.5. The van der Waals surface area contributed by atoms with Crippen molar-refractivity contribution >= 4 is 5.78 Å². The molecule has 0 aliphatic heterocycles. The lowest BCUT2D eigenvalue weighted by molar-refractivity contribution is 0.0982. The Labute approximate surface area is 134 Å². The summed E-state index contributed by atoms with van der Waals surface area (Å²) >= 11 is 0. The highest BCUT2D eigenvalue weighted by Gasteiger charge is 2.07. The van der Waals surface area contributed by atoms with Gasteiger partial charge in [0.25, 0.3) is 0 Å². The smallest absolute Gasteiger partial charge is 0.163 e. The lowest BCUT2D eigenvalue weighted by Crippen LogP contribution is -2.10. The Kier molecular flexibility index (Phi) is 6.44. The van der Waals surface area contributed by atoms with Crippen LogP contribution in [-0.4, -0.2) is 23.9 Å². The van der Waals surface area contributed by atoms with Crippen LogP contribution in [0.4, 0.5) is 4.39 Å². The molecule has 1 aromatic heterocycles. The van der Waals surface area contributed by atoms with Gasteiger partial charge in [-0.15, -0.1) is 0 Å². The Morgan fingerprint density at radius 3 is 2.61 bits per heavy atom. The van der Waals surface area contributed by atoms with Crippen LogP contribution in [0.3, 0.4) is 0 Å². The number of nitrogens with zero attached hydrogens (tertiary/aromatic N) is 1. The van der Waals surface area contributed by atoms with E-state index < -0.39 is 0 Å². The van der Waals surface area contributed by atoms with Gasteiger partial charge in [0.15, 0.2) is 5.78 Å². The second-order valence-corrected chi connectivity index (χ2v) is 5.03. The maximum absolute atomic E-state index is 12.4. The molecule has 0 aliphatic carbocycles. The van der Waals surface area contributed by atoms with E-state index in [-0.39, 0.29) is 18.9 Å². The highest BCUT2D eigenvalue weighted by atomic mass is 19.1. The van der Waals surface area contributed by atoms with Crippen LogP contribution in [0.1, 0.15) is 22.5 Å². The number of carbonyl (C=O) groups is 1. The molecule has 0 spiro atoms. The number of ketones is 1. The molecule has 0 unspecified atom stereocenters. The van der Waals surface area contributed by atoms with Gasteiger partial charge in [0.2, 0.25) is 0 Å². The van der Waals surface area contributed by atoms with E-state index in [4.69, 9.17) is 10.5 Å². The van der Waals surface area contributed by atoms with Crippen LogP contribution in [0.5, 0.6) is 5.75 Å². The van der Waals surface area contributed by atoms with E-state index in [1.807, 2.05) is 18.2 Å². The quantitative estimate of drug-likeness (QED) is 0.760. The number of benzene rings is 1. The first-order chi connectivity index (χ1) is 11.2. The van der Waals surface area contributed by atoms with E-state index in [1.165, 1.54) is 0 Å². The van der Waals surface area contributed by atoms with Crippen LogP contribution in [0.15, 0.2) is 60.6 Å². The molecule has 5 heteroatoms. The van der Waals surface area contributed by atoms with Crippen LogP contribution in [0.2, 0.25) is 0 Å². The molecular formula is C18H19FN2O2. The minimum absolute atomic E-state index is 0.0495. The highest BCUT2D eigenvalue weighted by molar-refractivity contribution is 5.96. The minimum atomic E-state index is 0.0495. The van der Waals surface area contributed by atoms with E-state index in [0.717, 1.165) is 5.69 Å². The summed E-state index contributed by atoms with van der Waals surface area (Å²) in [6.07, 6.45) is 3.18. The molecule has 2 rings (SSSR count). The molecule has 0 saturated carbocycles. The van der Waals surface area contributed by atoms with Crippen molar-refractivity contribution in [1.82, 2.24) is 4.98 Å². The topological polar surface area (TPSA) is 65.2 Å². The minimum Gasteiger partial charge on any atom is -0.489 e. The fourth-order valence-electron chi connectivity index (χ4n) is 1.98. The molecule has 0 fully saturated rings. The predicted octanol–water partition coefficient (Wildman–Crippen LogP) is 3.09. The van der Waals surface area contributed by atoms with Crippen molar-refractivity contribution in [2.45, 2.75) is 12.8 Å². The number of aryl methyl sites for hydroxylation is 1. The van der Waals surface area contributed by atoms with Gasteiger partial charge in [0.05, 0.1) is 6.33 Å². The second kappa shape index (κ2) is 8.80. The van der Waals surface area contributed by atoms with Crippen LogP contribution < -0.4 is 10.5 Å². The van der Waals surface area contributed by atoms with Crippen LogP contribution >= 0.6 is 0 Å². The summed E-state index contributed by atoms with van der Waals surface area (Å²) in [5, 5.41) is 0. The van der Waals surface area contributed by atoms with E-state index in [0.29, 0.717) is 36.1 Å². The normalized spacial score (nSPS) is 11.3. The molecule has 1 aromatic carbocycles. The fraction of sp³-hybridized carbons (Fsp3) is 0.222. The first kappa shape index (κ1) is 16.8. The Bertz CT molecular complexity index is 654. The van der Waals surface area contributed by atoms with Crippen LogP contribution in [0, 0.1) is 0 Å². The number of hydrogen-bond acceptors (Lipinski definition) is 4. The Balaban J connectivity index is 1.87. The third-order valence-electron chi connectivity index (χ3n) is 3.35. The second-order valence-electron chi connectivity index (χ2n) is 5.03. The van der Waals surface area contributed by atoms with Crippen LogP contribution in [0.25, 0.3) is 0 Å². The summed E-state index contributed by atoms with van der Waals surface area (Å²) in [6.45, 7) is 0.209. The van der Waals surface area contributed by atoms with E-state index >= 15 is 0 Å². The standard InChI is InChI=1S/C18H19FN2O2/c19-11-14(12-20)13-23-17-7-4-15(5-8-17)18(22)9-6-16-3-1-2-10-21-16/h1-5,7-8,10-11H,6,9,12-13,20H2. The molecule has 0 aliphatic rings. The summed E-state index contributed by atoms with van der Waals surface area (Å²) < 4.78 is 17.8. The molecule has 4 nitrogen and oxygen atoms in total. The number of halogens is 1. The van der Waals surface area contributed by atoms with Gasteiger partial charge >= 0.3 is 0 Å². The van der Waals surface area contributed by atoms with E-state index in [9.17, 15) is 9.18 Å². The van der Waals surface area contributed by atoms with Gasteiger partial charge in [-0.2, -0.15) is 0 Å². The number of rotatable bonds is 8. The molecule has 2 N–H and O–H groups in total. The van der Waals surface area contributed by atoms with Gasteiger partial charge in [0.1, 0.15) is 12.4 Å². The molecule has 0 radical (unpaired) electrons. The van der Waals surface area contributed by atoms with Crippen molar-refractivity contribution < 1.29 is 13.9 Å². The fourth-order valence-corrected chi connectivity index (χ4v) is 1.98. The van der Waals surface area contributed by atoms with Gasteiger partial charge in [-0.05, 0) is 42.8 Å². The number of pyridine rings is 1. The van der Waals surface area contributed by atoms with Crippen molar-refractivity contribution in [3.63, 3.8) is 0 Å². The molecular weight excluding hydrogens is 295 g/mol.